The quantitative estimate of drug-likeness (QED) is 0.831. The summed E-state index contributed by atoms with van der Waals surface area (Å²) in [5.74, 6) is 0.0439. The topological polar surface area (TPSA) is 76.7 Å². The first kappa shape index (κ1) is 15.1. The molecule has 0 spiro atoms. The summed E-state index contributed by atoms with van der Waals surface area (Å²) < 4.78 is 10.5. The highest BCUT2D eigenvalue weighted by molar-refractivity contribution is 9.10. The van der Waals surface area contributed by atoms with Gasteiger partial charge in [-0.05, 0) is 32.8 Å². The first-order valence-corrected chi connectivity index (χ1v) is 6.84. The minimum Gasteiger partial charge on any atom is -0.483 e. The fourth-order valence-electron chi connectivity index (χ4n) is 1.68. The lowest BCUT2D eigenvalue weighted by Gasteiger charge is -2.10. The Bertz CT molecular complexity index is 675. The molecule has 0 fully saturated rings. The summed E-state index contributed by atoms with van der Waals surface area (Å²) in [5, 5.41) is 2.05. The van der Waals surface area contributed by atoms with Crippen LogP contribution in [-0.4, -0.2) is 25.7 Å². The minimum absolute atomic E-state index is 0.235. The fourth-order valence-corrected chi connectivity index (χ4v) is 2.28. The molecule has 0 atom stereocenters. The van der Waals surface area contributed by atoms with Crippen LogP contribution in [0.25, 0.3) is 10.8 Å². The van der Waals surface area contributed by atoms with Crippen molar-refractivity contribution in [1.29, 1.82) is 0 Å². The molecule has 0 unspecified atom stereocenters. The van der Waals surface area contributed by atoms with Crippen LogP contribution in [0.1, 0.15) is 0 Å². The van der Waals surface area contributed by atoms with Crippen LogP contribution in [0.4, 0.5) is 4.79 Å². The molecule has 21 heavy (non-hydrogen) atoms. The molecule has 0 aliphatic rings. The highest BCUT2D eigenvalue weighted by Crippen LogP contribution is 2.32. The Morgan fingerprint density at radius 3 is 2.67 bits per heavy atom. The second-order valence-electron chi connectivity index (χ2n) is 4.05. The molecule has 2 amide bonds. The number of amides is 2. The molecule has 0 heterocycles. The SMILES string of the molecule is COC(=O)NNC(=O)COc1ccc2ccccc2c1Br. The Kier molecular flexibility index (Phi) is 4.99. The summed E-state index contributed by atoms with van der Waals surface area (Å²) in [7, 11) is 1.20. The molecule has 0 saturated carbocycles. The first-order valence-electron chi connectivity index (χ1n) is 6.04. The average molecular weight is 353 g/mol. The second-order valence-corrected chi connectivity index (χ2v) is 4.85. The third kappa shape index (κ3) is 3.85. The third-order valence-corrected chi connectivity index (χ3v) is 3.49. The number of carbonyl (C=O) groups is 2. The van der Waals surface area contributed by atoms with Gasteiger partial charge in [-0.15, -0.1) is 0 Å². The van der Waals surface area contributed by atoms with Crippen LogP contribution >= 0.6 is 15.9 Å². The number of methoxy groups -OCH3 is 1. The molecule has 7 heteroatoms. The molecule has 0 radical (unpaired) electrons. The van der Waals surface area contributed by atoms with Crippen molar-refractivity contribution in [2.45, 2.75) is 0 Å². The lowest BCUT2D eigenvalue weighted by atomic mass is 10.1. The molecule has 0 aromatic heterocycles. The minimum atomic E-state index is -0.754. The van der Waals surface area contributed by atoms with E-state index in [4.69, 9.17) is 4.74 Å². The van der Waals surface area contributed by atoms with Gasteiger partial charge in [0.25, 0.3) is 5.91 Å². The maximum Gasteiger partial charge on any atom is 0.425 e. The number of fused-ring (bicyclic) bond motifs is 1. The summed E-state index contributed by atoms with van der Waals surface area (Å²) >= 11 is 3.46. The normalized spacial score (nSPS) is 10.0. The number of rotatable bonds is 3. The summed E-state index contributed by atoms with van der Waals surface area (Å²) in [6.07, 6.45) is -0.754. The Hall–Kier alpha value is -2.28. The highest BCUT2D eigenvalue weighted by atomic mass is 79.9. The van der Waals surface area contributed by atoms with Gasteiger partial charge in [-0.3, -0.25) is 10.2 Å². The number of benzene rings is 2. The monoisotopic (exact) mass is 352 g/mol. The average Bonchev–Trinajstić information content (AvgIpc) is 2.52. The van der Waals surface area contributed by atoms with E-state index in [9.17, 15) is 9.59 Å². The van der Waals surface area contributed by atoms with Gasteiger partial charge >= 0.3 is 6.09 Å². The van der Waals surface area contributed by atoms with Gasteiger partial charge in [0.1, 0.15) is 5.75 Å². The highest BCUT2D eigenvalue weighted by Gasteiger charge is 2.09. The number of carbonyl (C=O) groups excluding carboxylic acids is 2. The van der Waals surface area contributed by atoms with Gasteiger partial charge in [0.2, 0.25) is 0 Å². The van der Waals surface area contributed by atoms with Gasteiger partial charge in [-0.2, -0.15) is 0 Å². The fraction of sp³-hybridized carbons (Fsp3) is 0.143. The van der Waals surface area contributed by atoms with E-state index >= 15 is 0 Å². The van der Waals surface area contributed by atoms with Crippen molar-refractivity contribution in [1.82, 2.24) is 10.9 Å². The predicted octanol–water partition coefficient (Wildman–Crippen LogP) is 2.37. The van der Waals surface area contributed by atoms with Crippen LogP contribution in [0.5, 0.6) is 5.75 Å². The van der Waals surface area contributed by atoms with Gasteiger partial charge in [-0.25, -0.2) is 10.2 Å². The van der Waals surface area contributed by atoms with Crippen LogP contribution in [0.2, 0.25) is 0 Å². The van der Waals surface area contributed by atoms with Crippen molar-refractivity contribution < 1.29 is 19.1 Å². The molecule has 2 rings (SSSR count). The van der Waals surface area contributed by atoms with Crippen molar-refractivity contribution >= 4 is 38.7 Å². The number of hydrogen-bond acceptors (Lipinski definition) is 4. The molecule has 2 aromatic rings. The summed E-state index contributed by atoms with van der Waals surface area (Å²) in [5.41, 5.74) is 4.22. The number of nitrogens with one attached hydrogen (secondary N) is 2. The van der Waals surface area contributed by atoms with Crippen LogP contribution in [0.3, 0.4) is 0 Å². The molecule has 110 valence electrons. The zero-order valence-electron chi connectivity index (χ0n) is 11.2. The largest absolute Gasteiger partial charge is 0.483 e. The summed E-state index contributed by atoms with van der Waals surface area (Å²) in [6.45, 7) is -0.235. The van der Waals surface area contributed by atoms with E-state index in [1.807, 2.05) is 30.3 Å². The van der Waals surface area contributed by atoms with E-state index in [1.54, 1.807) is 6.07 Å². The van der Waals surface area contributed by atoms with Gasteiger partial charge in [0, 0.05) is 0 Å². The smallest absolute Gasteiger partial charge is 0.425 e. The van der Waals surface area contributed by atoms with Gasteiger partial charge in [-0.1, -0.05) is 30.3 Å². The number of hydrogen-bond donors (Lipinski definition) is 2. The second kappa shape index (κ2) is 6.94. The summed E-state index contributed by atoms with van der Waals surface area (Å²) in [6, 6.07) is 11.5. The Morgan fingerprint density at radius 1 is 1.14 bits per heavy atom. The Morgan fingerprint density at radius 2 is 1.90 bits per heavy atom. The lowest BCUT2D eigenvalue weighted by Crippen LogP contribution is -2.43. The number of hydrazine groups is 1. The number of ether oxygens (including phenoxy) is 2. The Labute approximate surface area is 129 Å². The first-order chi connectivity index (χ1) is 10.1. The van der Waals surface area contributed by atoms with Crippen molar-refractivity contribution in [2.75, 3.05) is 13.7 Å². The molecule has 0 aliphatic carbocycles. The molecule has 0 bridgehead atoms. The molecular formula is C14H13BrN2O4. The van der Waals surface area contributed by atoms with Crippen molar-refractivity contribution in [2.24, 2.45) is 0 Å². The van der Waals surface area contributed by atoms with Crippen LogP contribution in [-0.2, 0) is 9.53 Å². The van der Waals surface area contributed by atoms with Gasteiger partial charge < -0.3 is 9.47 Å². The van der Waals surface area contributed by atoms with Crippen LogP contribution in [0.15, 0.2) is 40.9 Å². The number of halogens is 1. The molecular weight excluding hydrogens is 340 g/mol. The van der Waals surface area contributed by atoms with E-state index in [0.717, 1.165) is 15.2 Å². The molecule has 0 saturated heterocycles. The van der Waals surface area contributed by atoms with E-state index in [-0.39, 0.29) is 6.61 Å². The van der Waals surface area contributed by atoms with Crippen molar-refractivity contribution in [3.05, 3.63) is 40.9 Å². The lowest BCUT2D eigenvalue weighted by molar-refractivity contribution is -0.123. The molecule has 2 N–H and O–H groups in total. The zero-order valence-corrected chi connectivity index (χ0v) is 12.8. The van der Waals surface area contributed by atoms with Gasteiger partial charge in [0.05, 0.1) is 11.6 Å². The van der Waals surface area contributed by atoms with E-state index in [1.165, 1.54) is 7.11 Å². The van der Waals surface area contributed by atoms with E-state index in [2.05, 4.69) is 31.5 Å². The maximum absolute atomic E-state index is 11.5. The molecule has 6 nitrogen and oxygen atoms in total. The summed E-state index contributed by atoms with van der Waals surface area (Å²) in [4.78, 5) is 22.3. The van der Waals surface area contributed by atoms with Crippen molar-refractivity contribution in [3.63, 3.8) is 0 Å². The van der Waals surface area contributed by atoms with E-state index in [0.29, 0.717) is 5.75 Å². The molecule has 0 aliphatic heterocycles. The van der Waals surface area contributed by atoms with Crippen LogP contribution < -0.4 is 15.6 Å². The third-order valence-electron chi connectivity index (χ3n) is 2.68. The zero-order chi connectivity index (χ0) is 15.2. The predicted molar refractivity (Wildman–Crippen MR) is 80.8 cm³/mol. The van der Waals surface area contributed by atoms with Crippen molar-refractivity contribution in [3.8, 4) is 5.75 Å². The van der Waals surface area contributed by atoms with Gasteiger partial charge in [0.15, 0.2) is 6.61 Å². The Balaban J connectivity index is 1.99. The van der Waals surface area contributed by atoms with E-state index < -0.39 is 12.0 Å². The maximum atomic E-state index is 11.5. The standard InChI is InChI=1S/C14H13BrN2O4/c1-20-14(19)17-16-12(18)8-21-11-7-6-9-4-2-3-5-10(9)13(11)15/h2-7H,8H2,1H3,(H,16,18)(H,17,19). The van der Waals surface area contributed by atoms with Crippen LogP contribution in [0, 0.1) is 0 Å². The molecule has 2 aromatic carbocycles.